The zero-order chi connectivity index (χ0) is 17.2. The molecular formula is C18H21ClN4O2. The molecule has 0 radical (unpaired) electrons. The highest BCUT2D eigenvalue weighted by Gasteiger charge is 2.30. The molecule has 2 fully saturated rings. The number of halogens is 1. The third-order valence-electron chi connectivity index (χ3n) is 4.77. The van der Waals surface area contributed by atoms with Crippen molar-refractivity contribution in [2.24, 2.45) is 5.92 Å². The van der Waals surface area contributed by atoms with Gasteiger partial charge < -0.3 is 9.64 Å². The van der Waals surface area contributed by atoms with E-state index in [9.17, 15) is 4.79 Å². The lowest BCUT2D eigenvalue weighted by Crippen LogP contribution is -2.33. The quantitative estimate of drug-likeness (QED) is 0.859. The lowest BCUT2D eigenvalue weighted by Gasteiger charge is -2.16. The summed E-state index contributed by atoms with van der Waals surface area (Å²) in [6, 6.07) is 7.09. The summed E-state index contributed by atoms with van der Waals surface area (Å²) in [5, 5.41) is 7.95. The van der Waals surface area contributed by atoms with Crippen LogP contribution in [0.3, 0.4) is 0 Å². The van der Waals surface area contributed by atoms with Crippen LogP contribution in [0.25, 0.3) is 0 Å². The van der Waals surface area contributed by atoms with Gasteiger partial charge in [-0.15, -0.1) is 0 Å². The Kier molecular flexibility index (Phi) is 4.61. The minimum absolute atomic E-state index is 0.0127. The van der Waals surface area contributed by atoms with E-state index in [1.54, 1.807) is 24.3 Å². The molecule has 1 atom stereocenters. The zero-order valence-electron chi connectivity index (χ0n) is 13.9. The molecule has 1 aliphatic heterocycles. The van der Waals surface area contributed by atoms with Gasteiger partial charge in [-0.3, -0.25) is 9.89 Å². The minimum Gasteiger partial charge on any atom is -0.484 e. The third kappa shape index (κ3) is 4.12. The van der Waals surface area contributed by atoms with Gasteiger partial charge in [0.25, 0.3) is 5.91 Å². The minimum atomic E-state index is 0.0127. The van der Waals surface area contributed by atoms with Crippen LogP contribution in [0.1, 0.15) is 36.8 Å². The summed E-state index contributed by atoms with van der Waals surface area (Å²) in [5.41, 5.74) is 0. The average Bonchev–Trinajstić information content (AvgIpc) is 3.17. The van der Waals surface area contributed by atoms with Crippen LogP contribution in [-0.2, 0) is 11.2 Å². The van der Waals surface area contributed by atoms with Crippen LogP contribution in [0.15, 0.2) is 24.3 Å². The van der Waals surface area contributed by atoms with Crippen LogP contribution < -0.4 is 4.74 Å². The maximum atomic E-state index is 12.3. The zero-order valence-corrected chi connectivity index (χ0v) is 14.7. The van der Waals surface area contributed by atoms with E-state index in [0.717, 1.165) is 37.6 Å². The number of likely N-dealkylation sites (tertiary alicyclic amines) is 1. The van der Waals surface area contributed by atoms with Crippen LogP contribution >= 0.6 is 11.6 Å². The Morgan fingerprint density at radius 2 is 2.24 bits per heavy atom. The number of aromatic nitrogens is 3. The van der Waals surface area contributed by atoms with Gasteiger partial charge in [-0.1, -0.05) is 17.7 Å². The molecule has 1 saturated carbocycles. The van der Waals surface area contributed by atoms with E-state index in [-0.39, 0.29) is 12.5 Å². The normalized spacial score (nSPS) is 20.0. The van der Waals surface area contributed by atoms with Crippen molar-refractivity contribution in [1.29, 1.82) is 0 Å². The first-order chi connectivity index (χ1) is 12.2. The van der Waals surface area contributed by atoms with E-state index in [1.165, 1.54) is 12.8 Å². The lowest BCUT2D eigenvalue weighted by molar-refractivity contribution is -0.132. The number of hydrogen-bond donors (Lipinski definition) is 1. The number of hydrogen-bond acceptors (Lipinski definition) is 4. The molecule has 0 bridgehead atoms. The summed E-state index contributed by atoms with van der Waals surface area (Å²) in [4.78, 5) is 18.8. The predicted octanol–water partition coefficient (Wildman–Crippen LogP) is 2.81. The fourth-order valence-electron chi connectivity index (χ4n) is 3.22. The summed E-state index contributed by atoms with van der Waals surface area (Å²) in [6.07, 6.45) is 4.24. The Hall–Kier alpha value is -2.08. The third-order valence-corrected chi connectivity index (χ3v) is 5.01. The predicted molar refractivity (Wildman–Crippen MR) is 93.7 cm³/mol. The number of H-pyrrole nitrogens is 1. The van der Waals surface area contributed by atoms with Crippen LogP contribution in [0.2, 0.25) is 5.02 Å². The maximum Gasteiger partial charge on any atom is 0.260 e. The maximum absolute atomic E-state index is 12.3. The molecule has 1 saturated heterocycles. The number of carbonyl (C=O) groups excluding carboxylic acids is 1. The first kappa shape index (κ1) is 16.4. The van der Waals surface area contributed by atoms with Crippen molar-refractivity contribution >= 4 is 17.5 Å². The standard InChI is InChI=1S/C18H21ClN4O2/c19-14-2-1-3-15(9-14)25-11-17(24)23-7-6-12(10-23)8-16-20-18(22-21-16)13-4-5-13/h1-3,9,12-13H,4-8,10-11H2,(H,20,21,22). The summed E-state index contributed by atoms with van der Waals surface area (Å²) < 4.78 is 5.55. The summed E-state index contributed by atoms with van der Waals surface area (Å²) in [5.74, 6) is 3.52. The molecule has 2 aliphatic rings. The van der Waals surface area contributed by atoms with E-state index in [2.05, 4.69) is 15.2 Å². The van der Waals surface area contributed by atoms with Crippen LogP contribution in [0.5, 0.6) is 5.75 Å². The largest absolute Gasteiger partial charge is 0.484 e. The van der Waals surface area contributed by atoms with Crippen LogP contribution in [-0.4, -0.2) is 45.7 Å². The van der Waals surface area contributed by atoms with Crippen molar-refractivity contribution in [1.82, 2.24) is 20.1 Å². The molecule has 2 aromatic rings. The van der Waals surface area contributed by atoms with Gasteiger partial charge >= 0.3 is 0 Å². The lowest BCUT2D eigenvalue weighted by atomic mass is 10.1. The van der Waals surface area contributed by atoms with Crippen molar-refractivity contribution in [3.8, 4) is 5.75 Å². The summed E-state index contributed by atoms with van der Waals surface area (Å²) >= 11 is 5.92. The topological polar surface area (TPSA) is 71.1 Å². The molecule has 2 heterocycles. The van der Waals surface area contributed by atoms with Gasteiger partial charge in [0.15, 0.2) is 12.4 Å². The van der Waals surface area contributed by atoms with Crippen molar-refractivity contribution in [2.75, 3.05) is 19.7 Å². The molecule has 1 N–H and O–H groups in total. The molecule has 7 heteroatoms. The molecule has 1 unspecified atom stereocenters. The highest BCUT2D eigenvalue weighted by Crippen LogP contribution is 2.37. The Morgan fingerprint density at radius 1 is 1.36 bits per heavy atom. The van der Waals surface area contributed by atoms with Crippen molar-refractivity contribution in [2.45, 2.75) is 31.6 Å². The van der Waals surface area contributed by atoms with Crippen molar-refractivity contribution in [3.05, 3.63) is 40.9 Å². The molecule has 1 aromatic carbocycles. The van der Waals surface area contributed by atoms with Gasteiger partial charge in [-0.05, 0) is 43.4 Å². The highest BCUT2D eigenvalue weighted by atomic mass is 35.5. The number of amides is 1. The smallest absolute Gasteiger partial charge is 0.260 e. The number of rotatable bonds is 6. The van der Waals surface area contributed by atoms with Gasteiger partial charge in [0.2, 0.25) is 0 Å². The van der Waals surface area contributed by atoms with Crippen LogP contribution in [0.4, 0.5) is 0 Å². The van der Waals surface area contributed by atoms with Gasteiger partial charge in [-0.2, -0.15) is 5.10 Å². The second-order valence-corrected chi connectivity index (χ2v) is 7.30. The number of carbonyl (C=O) groups is 1. The van der Waals surface area contributed by atoms with E-state index in [1.807, 2.05) is 4.90 Å². The fourth-order valence-corrected chi connectivity index (χ4v) is 3.40. The number of benzene rings is 1. The second-order valence-electron chi connectivity index (χ2n) is 6.86. The Labute approximate surface area is 151 Å². The monoisotopic (exact) mass is 360 g/mol. The summed E-state index contributed by atoms with van der Waals surface area (Å²) in [6.45, 7) is 1.56. The molecule has 1 aliphatic carbocycles. The number of nitrogens with one attached hydrogen (secondary N) is 1. The van der Waals surface area contributed by atoms with Crippen molar-refractivity contribution < 1.29 is 9.53 Å². The van der Waals surface area contributed by atoms with E-state index >= 15 is 0 Å². The number of aromatic amines is 1. The molecule has 4 rings (SSSR count). The van der Waals surface area contributed by atoms with E-state index in [0.29, 0.717) is 22.6 Å². The second kappa shape index (κ2) is 7.04. The van der Waals surface area contributed by atoms with Crippen LogP contribution in [0, 0.1) is 5.92 Å². The Balaban J connectivity index is 1.25. The first-order valence-electron chi connectivity index (χ1n) is 8.74. The molecular weight excluding hydrogens is 340 g/mol. The molecule has 132 valence electrons. The van der Waals surface area contributed by atoms with Gasteiger partial charge in [0.1, 0.15) is 11.6 Å². The van der Waals surface area contributed by atoms with E-state index < -0.39 is 0 Å². The number of ether oxygens (including phenoxy) is 1. The Bertz CT molecular complexity index is 759. The van der Waals surface area contributed by atoms with Gasteiger partial charge in [-0.25, -0.2) is 4.98 Å². The molecule has 6 nitrogen and oxygen atoms in total. The van der Waals surface area contributed by atoms with E-state index in [4.69, 9.17) is 16.3 Å². The van der Waals surface area contributed by atoms with Gasteiger partial charge in [0, 0.05) is 30.5 Å². The first-order valence-corrected chi connectivity index (χ1v) is 9.12. The highest BCUT2D eigenvalue weighted by molar-refractivity contribution is 6.30. The fraction of sp³-hybridized carbons (Fsp3) is 0.500. The molecule has 1 amide bonds. The molecule has 1 aromatic heterocycles. The summed E-state index contributed by atoms with van der Waals surface area (Å²) in [7, 11) is 0. The number of nitrogens with zero attached hydrogens (tertiary/aromatic N) is 3. The molecule has 25 heavy (non-hydrogen) atoms. The SMILES string of the molecule is O=C(COc1cccc(Cl)c1)N1CCC(Cc2nc(C3CC3)n[nH]2)C1. The molecule has 0 spiro atoms. The average molecular weight is 361 g/mol. The van der Waals surface area contributed by atoms with Crippen molar-refractivity contribution in [3.63, 3.8) is 0 Å². The Morgan fingerprint density at radius 3 is 3.04 bits per heavy atom. The van der Waals surface area contributed by atoms with Gasteiger partial charge in [0.05, 0.1) is 0 Å².